The van der Waals surface area contributed by atoms with Crippen LogP contribution in [-0.4, -0.2) is 13.1 Å². The monoisotopic (exact) mass is 201 g/mol. The molecule has 1 nitrogen and oxygen atoms in total. The summed E-state index contributed by atoms with van der Waals surface area (Å²) in [7, 11) is 0. The van der Waals surface area contributed by atoms with E-state index in [-0.39, 0.29) is 0 Å². The first-order valence-electron chi connectivity index (χ1n) is 4.26. The fraction of sp³-hybridized carbons (Fsp3) is 0.556. The lowest BCUT2D eigenvalue weighted by molar-refractivity contribution is 0.644. The van der Waals surface area contributed by atoms with E-state index in [2.05, 4.69) is 18.3 Å². The van der Waals surface area contributed by atoms with Crippen LogP contribution >= 0.6 is 22.9 Å². The Bertz CT molecular complexity index is 282. The lowest BCUT2D eigenvalue weighted by Gasteiger charge is -2.06. The summed E-state index contributed by atoms with van der Waals surface area (Å²) in [4.78, 5) is 1.47. The average molecular weight is 202 g/mol. The zero-order valence-electron chi connectivity index (χ0n) is 7.06. The number of rotatable bonds is 0. The van der Waals surface area contributed by atoms with Crippen molar-refractivity contribution in [2.24, 2.45) is 0 Å². The summed E-state index contributed by atoms with van der Waals surface area (Å²) in [6.45, 7) is 4.43. The summed E-state index contributed by atoms with van der Waals surface area (Å²) < 4.78 is 0.939. The fourth-order valence-corrected chi connectivity index (χ4v) is 3.05. The molecule has 3 heteroatoms. The maximum atomic E-state index is 5.97. The lowest BCUT2D eigenvalue weighted by atomic mass is 10.0. The quantitative estimate of drug-likeness (QED) is 0.681. The Morgan fingerprint density at radius 3 is 3.33 bits per heavy atom. The molecule has 66 valence electrons. The molecule has 1 aliphatic rings. The first kappa shape index (κ1) is 8.54. The maximum absolute atomic E-state index is 5.97. The van der Waals surface area contributed by atoms with Crippen molar-refractivity contribution in [3.05, 3.63) is 20.8 Å². The van der Waals surface area contributed by atoms with E-state index >= 15 is 0 Å². The summed E-state index contributed by atoms with van der Waals surface area (Å²) in [6, 6.07) is 2.12. The number of fused-ring (bicyclic) bond motifs is 1. The van der Waals surface area contributed by atoms with Crippen LogP contribution < -0.4 is 5.32 Å². The van der Waals surface area contributed by atoms with Gasteiger partial charge in [-0.05, 0) is 30.5 Å². The molecule has 2 heterocycles. The van der Waals surface area contributed by atoms with Gasteiger partial charge in [0.15, 0.2) is 0 Å². The van der Waals surface area contributed by atoms with Crippen molar-refractivity contribution in [3.63, 3.8) is 0 Å². The van der Waals surface area contributed by atoms with Crippen LogP contribution in [0.25, 0.3) is 0 Å². The van der Waals surface area contributed by atoms with Crippen LogP contribution in [0.1, 0.15) is 23.3 Å². The summed E-state index contributed by atoms with van der Waals surface area (Å²) >= 11 is 7.70. The van der Waals surface area contributed by atoms with Gasteiger partial charge in [-0.25, -0.2) is 0 Å². The van der Waals surface area contributed by atoms with Gasteiger partial charge in [-0.2, -0.15) is 0 Å². The predicted molar refractivity (Wildman–Crippen MR) is 54.3 cm³/mol. The van der Waals surface area contributed by atoms with Crippen LogP contribution in [0.3, 0.4) is 0 Å². The van der Waals surface area contributed by atoms with E-state index in [9.17, 15) is 0 Å². The highest BCUT2D eigenvalue weighted by atomic mass is 35.5. The van der Waals surface area contributed by atoms with Crippen molar-refractivity contribution in [1.29, 1.82) is 0 Å². The number of nitrogens with one attached hydrogen (secondary N) is 1. The summed E-state index contributed by atoms with van der Waals surface area (Å²) in [5, 5.41) is 3.41. The molecule has 0 bridgehead atoms. The van der Waals surface area contributed by atoms with E-state index in [1.54, 1.807) is 11.3 Å². The standard InChI is InChI=1S/C9H12ClNS/c1-6-5-11-3-2-8-7(6)4-9(10)12-8/h4,6,11H,2-3,5H2,1H3. The van der Waals surface area contributed by atoms with Crippen molar-refractivity contribution in [3.8, 4) is 0 Å². The van der Waals surface area contributed by atoms with Crippen molar-refractivity contribution in [1.82, 2.24) is 5.32 Å². The van der Waals surface area contributed by atoms with E-state index in [0.29, 0.717) is 5.92 Å². The molecule has 0 aromatic carbocycles. The van der Waals surface area contributed by atoms with Crippen LogP contribution in [0.5, 0.6) is 0 Å². The smallest absolute Gasteiger partial charge is 0.0934 e. The predicted octanol–water partition coefficient (Wildman–Crippen LogP) is 2.65. The largest absolute Gasteiger partial charge is 0.316 e. The number of halogens is 1. The summed E-state index contributed by atoms with van der Waals surface area (Å²) in [6.07, 6.45) is 1.14. The van der Waals surface area contributed by atoms with Crippen LogP contribution in [0.4, 0.5) is 0 Å². The molecule has 0 radical (unpaired) electrons. The fourth-order valence-electron chi connectivity index (χ4n) is 1.65. The highest BCUT2D eigenvalue weighted by Gasteiger charge is 2.16. The summed E-state index contributed by atoms with van der Waals surface area (Å²) in [5.41, 5.74) is 1.45. The lowest BCUT2D eigenvalue weighted by Crippen LogP contribution is -2.18. The molecule has 0 saturated heterocycles. The topological polar surface area (TPSA) is 12.0 Å². The second-order valence-corrected chi connectivity index (χ2v) is 5.05. The minimum Gasteiger partial charge on any atom is -0.316 e. The first-order chi connectivity index (χ1) is 5.77. The molecule has 1 aromatic heterocycles. The van der Waals surface area contributed by atoms with Gasteiger partial charge in [-0.1, -0.05) is 18.5 Å². The summed E-state index contributed by atoms with van der Waals surface area (Å²) in [5.74, 6) is 0.617. The number of hydrogen-bond donors (Lipinski definition) is 1. The normalized spacial score (nSPS) is 23.3. The van der Waals surface area contributed by atoms with Crippen molar-refractivity contribution in [2.45, 2.75) is 19.3 Å². The second kappa shape index (κ2) is 3.36. The molecule has 0 aliphatic carbocycles. The highest BCUT2D eigenvalue weighted by Crippen LogP contribution is 2.32. The van der Waals surface area contributed by atoms with Crippen molar-refractivity contribution in [2.75, 3.05) is 13.1 Å². The highest BCUT2D eigenvalue weighted by molar-refractivity contribution is 7.16. The number of hydrogen-bond acceptors (Lipinski definition) is 2. The van der Waals surface area contributed by atoms with Gasteiger partial charge in [-0.3, -0.25) is 0 Å². The van der Waals surface area contributed by atoms with Gasteiger partial charge in [0.1, 0.15) is 0 Å². The van der Waals surface area contributed by atoms with E-state index < -0.39 is 0 Å². The molecule has 0 amide bonds. The Morgan fingerprint density at radius 2 is 2.50 bits per heavy atom. The molecule has 0 saturated carbocycles. The van der Waals surface area contributed by atoms with Crippen molar-refractivity contribution >= 4 is 22.9 Å². The second-order valence-electron chi connectivity index (χ2n) is 3.28. The van der Waals surface area contributed by atoms with E-state index in [1.807, 2.05) is 0 Å². The Labute approximate surface area is 81.7 Å². The maximum Gasteiger partial charge on any atom is 0.0934 e. The molecule has 1 N–H and O–H groups in total. The van der Waals surface area contributed by atoms with Gasteiger partial charge in [0, 0.05) is 11.4 Å². The van der Waals surface area contributed by atoms with Crippen molar-refractivity contribution < 1.29 is 0 Å². The Kier molecular flexibility index (Phi) is 2.40. The van der Waals surface area contributed by atoms with Crippen LogP contribution in [-0.2, 0) is 6.42 Å². The SMILES string of the molecule is CC1CNCCc2sc(Cl)cc21. The Hall–Kier alpha value is -0.0500. The zero-order valence-corrected chi connectivity index (χ0v) is 8.63. The molecular formula is C9H12ClNS. The average Bonchev–Trinajstić information content (AvgIpc) is 2.33. The van der Waals surface area contributed by atoms with E-state index in [4.69, 9.17) is 11.6 Å². The van der Waals surface area contributed by atoms with Crippen LogP contribution in [0.15, 0.2) is 6.07 Å². The third-order valence-electron chi connectivity index (χ3n) is 2.32. The molecular weight excluding hydrogens is 190 g/mol. The molecule has 12 heavy (non-hydrogen) atoms. The molecule has 1 aromatic rings. The van der Waals surface area contributed by atoms with E-state index in [1.165, 1.54) is 10.4 Å². The molecule has 2 rings (SSSR count). The number of thiophene rings is 1. The minimum absolute atomic E-state index is 0.617. The molecule has 0 fully saturated rings. The third kappa shape index (κ3) is 1.51. The minimum atomic E-state index is 0.617. The van der Waals surface area contributed by atoms with Gasteiger partial charge in [0.25, 0.3) is 0 Å². The van der Waals surface area contributed by atoms with Gasteiger partial charge < -0.3 is 5.32 Å². The third-order valence-corrected chi connectivity index (χ3v) is 3.66. The van der Waals surface area contributed by atoms with Crippen LogP contribution in [0.2, 0.25) is 4.34 Å². The first-order valence-corrected chi connectivity index (χ1v) is 5.45. The molecule has 1 unspecified atom stereocenters. The molecule has 1 aliphatic heterocycles. The van der Waals surface area contributed by atoms with Crippen LogP contribution in [0, 0.1) is 0 Å². The van der Waals surface area contributed by atoms with Gasteiger partial charge in [0.05, 0.1) is 4.34 Å². The van der Waals surface area contributed by atoms with Gasteiger partial charge in [-0.15, -0.1) is 11.3 Å². The molecule has 0 spiro atoms. The Morgan fingerprint density at radius 1 is 1.67 bits per heavy atom. The molecule has 1 atom stereocenters. The zero-order chi connectivity index (χ0) is 8.55. The Balaban J connectivity index is 2.38. The van der Waals surface area contributed by atoms with Gasteiger partial charge in [0.2, 0.25) is 0 Å². The van der Waals surface area contributed by atoms with Gasteiger partial charge >= 0.3 is 0 Å². The van der Waals surface area contributed by atoms with E-state index in [0.717, 1.165) is 23.8 Å².